The van der Waals surface area contributed by atoms with Crippen LogP contribution in [0.1, 0.15) is 41.9 Å². The van der Waals surface area contributed by atoms with Crippen molar-refractivity contribution in [3.8, 4) is 11.1 Å². The molecule has 7 nitrogen and oxygen atoms in total. The Morgan fingerprint density at radius 3 is 2.17 bits per heavy atom. The van der Waals surface area contributed by atoms with Crippen LogP contribution < -0.4 is 16.0 Å². The molecule has 4 N–H and O–H groups in total. The summed E-state index contributed by atoms with van der Waals surface area (Å²) < 4.78 is 5.66. The number of carbonyl (C=O) groups is 2. The number of aliphatic hydroxyl groups excluding tert-OH is 1. The van der Waals surface area contributed by atoms with Crippen molar-refractivity contribution in [2.45, 2.75) is 37.8 Å². The van der Waals surface area contributed by atoms with Crippen molar-refractivity contribution in [3.05, 3.63) is 89.5 Å². The second kappa shape index (κ2) is 12.3. The van der Waals surface area contributed by atoms with Gasteiger partial charge in [-0.05, 0) is 72.8 Å². The summed E-state index contributed by atoms with van der Waals surface area (Å²) in [4.78, 5) is 25.8. The lowest BCUT2D eigenvalue weighted by molar-refractivity contribution is -0.118. The lowest BCUT2D eigenvalue weighted by Crippen LogP contribution is -2.44. The van der Waals surface area contributed by atoms with Crippen LogP contribution in [0.25, 0.3) is 11.1 Å². The molecule has 0 unspecified atom stereocenters. The molecule has 3 aromatic carbocycles. The molecule has 0 heterocycles. The summed E-state index contributed by atoms with van der Waals surface area (Å²) in [5.41, 5.74) is 5.96. The number of hydrogen-bond donors (Lipinski definition) is 4. The first-order valence-electron chi connectivity index (χ1n) is 12.4. The maximum absolute atomic E-state index is 13.0. The third-order valence-electron chi connectivity index (χ3n) is 6.53. The molecule has 0 fully saturated rings. The summed E-state index contributed by atoms with van der Waals surface area (Å²) in [6.45, 7) is 0.962. The van der Waals surface area contributed by atoms with Gasteiger partial charge in [0.2, 0.25) is 5.91 Å². The van der Waals surface area contributed by atoms with Crippen LogP contribution in [0, 0.1) is 0 Å². The molecule has 188 valence electrons. The van der Waals surface area contributed by atoms with Crippen LogP contribution in [0.15, 0.2) is 72.8 Å². The van der Waals surface area contributed by atoms with Gasteiger partial charge in [0, 0.05) is 11.6 Å². The van der Waals surface area contributed by atoms with Crippen molar-refractivity contribution >= 4 is 17.7 Å². The Morgan fingerprint density at radius 2 is 1.56 bits per heavy atom. The summed E-state index contributed by atoms with van der Waals surface area (Å²) >= 11 is 0. The highest BCUT2D eigenvalue weighted by Gasteiger charge is 2.29. The molecular formula is C29H33N3O4. The van der Waals surface area contributed by atoms with Gasteiger partial charge in [-0.1, -0.05) is 60.7 Å². The van der Waals surface area contributed by atoms with Crippen molar-refractivity contribution in [1.29, 1.82) is 0 Å². The number of amides is 2. The van der Waals surface area contributed by atoms with Gasteiger partial charge < -0.3 is 25.8 Å². The molecule has 0 spiro atoms. The second-order valence-corrected chi connectivity index (χ2v) is 8.97. The van der Waals surface area contributed by atoms with Crippen LogP contribution in [-0.4, -0.2) is 43.3 Å². The molecule has 0 aromatic heterocycles. The Morgan fingerprint density at radius 1 is 0.917 bits per heavy atom. The van der Waals surface area contributed by atoms with Gasteiger partial charge in [-0.2, -0.15) is 0 Å². The fraction of sp³-hybridized carbons (Fsp3) is 0.310. The summed E-state index contributed by atoms with van der Waals surface area (Å²) in [6, 6.07) is 22.6. The van der Waals surface area contributed by atoms with Gasteiger partial charge in [-0.25, -0.2) is 4.79 Å². The zero-order valence-electron chi connectivity index (χ0n) is 20.5. The number of benzene rings is 3. The molecule has 1 atom stereocenters. The lowest BCUT2D eigenvalue weighted by atomic mass is 9.98. The van der Waals surface area contributed by atoms with Crippen molar-refractivity contribution in [2.75, 3.05) is 25.5 Å². The fourth-order valence-electron chi connectivity index (χ4n) is 4.62. The largest absolute Gasteiger partial charge is 0.449 e. The van der Waals surface area contributed by atoms with Crippen LogP contribution in [0.4, 0.5) is 10.5 Å². The summed E-state index contributed by atoms with van der Waals surface area (Å²) in [5.74, 6) is -0.346. The van der Waals surface area contributed by atoms with Gasteiger partial charge in [0.15, 0.2) is 0 Å². The van der Waals surface area contributed by atoms with E-state index in [1.807, 2.05) is 31.3 Å². The maximum atomic E-state index is 13.0. The summed E-state index contributed by atoms with van der Waals surface area (Å²) in [5, 5.41) is 18.0. The number of aliphatic hydroxyl groups is 1. The monoisotopic (exact) mass is 487 g/mol. The van der Waals surface area contributed by atoms with E-state index in [1.165, 1.54) is 0 Å². The number of fused-ring (bicyclic) bond motifs is 3. The van der Waals surface area contributed by atoms with Crippen LogP contribution >= 0.6 is 0 Å². The minimum Gasteiger partial charge on any atom is -0.449 e. The second-order valence-electron chi connectivity index (χ2n) is 8.97. The zero-order valence-corrected chi connectivity index (χ0v) is 20.5. The molecule has 7 heteroatoms. The Bertz CT molecular complexity index is 1130. The van der Waals surface area contributed by atoms with E-state index in [1.54, 1.807) is 24.3 Å². The van der Waals surface area contributed by atoms with Gasteiger partial charge in [0.25, 0.3) is 0 Å². The van der Waals surface area contributed by atoms with Gasteiger partial charge in [-0.15, -0.1) is 0 Å². The summed E-state index contributed by atoms with van der Waals surface area (Å²) in [6.07, 6.45) is 1.54. The topological polar surface area (TPSA) is 99.7 Å². The van der Waals surface area contributed by atoms with Crippen molar-refractivity contribution in [1.82, 2.24) is 10.6 Å². The molecule has 0 bridgehead atoms. The Kier molecular flexibility index (Phi) is 8.71. The number of nitrogens with one attached hydrogen (secondary N) is 3. The number of anilines is 1. The minimum absolute atomic E-state index is 0.0453. The molecule has 1 aliphatic rings. The van der Waals surface area contributed by atoms with Crippen molar-refractivity contribution < 1.29 is 19.4 Å². The van der Waals surface area contributed by atoms with Crippen molar-refractivity contribution in [2.24, 2.45) is 0 Å². The number of ether oxygens (including phenoxy) is 1. The SMILES string of the molecule is CNCCCC[C@H](NC(=O)OCC1c2ccccc2-c2ccccc21)C(=O)Nc1ccc(CO)cc1. The molecule has 1 aliphatic carbocycles. The molecule has 2 amide bonds. The lowest BCUT2D eigenvalue weighted by Gasteiger charge is -2.20. The van der Waals surface area contributed by atoms with Gasteiger partial charge in [0.05, 0.1) is 6.61 Å². The normalized spacial score (nSPS) is 12.9. The van der Waals surface area contributed by atoms with Gasteiger partial charge in [0.1, 0.15) is 12.6 Å². The third-order valence-corrected chi connectivity index (χ3v) is 6.53. The first-order valence-corrected chi connectivity index (χ1v) is 12.4. The predicted molar refractivity (Wildman–Crippen MR) is 141 cm³/mol. The van der Waals surface area contributed by atoms with E-state index in [4.69, 9.17) is 4.74 Å². The van der Waals surface area contributed by atoms with Crippen LogP contribution in [0.3, 0.4) is 0 Å². The highest BCUT2D eigenvalue weighted by molar-refractivity contribution is 5.96. The smallest absolute Gasteiger partial charge is 0.407 e. The van der Waals surface area contributed by atoms with E-state index < -0.39 is 12.1 Å². The average Bonchev–Trinajstić information content (AvgIpc) is 3.23. The molecule has 0 saturated carbocycles. The first-order chi connectivity index (χ1) is 17.6. The Hall–Kier alpha value is -3.68. The van der Waals surface area contributed by atoms with E-state index in [0.29, 0.717) is 12.1 Å². The third kappa shape index (κ3) is 6.11. The number of hydrogen-bond acceptors (Lipinski definition) is 5. The Balaban J connectivity index is 1.39. The number of rotatable bonds is 11. The Labute approximate surface area is 211 Å². The molecule has 36 heavy (non-hydrogen) atoms. The van der Waals surface area contributed by atoms with Gasteiger partial charge in [-0.3, -0.25) is 4.79 Å². The quantitative estimate of drug-likeness (QED) is 0.300. The van der Waals surface area contributed by atoms with E-state index in [0.717, 1.165) is 47.2 Å². The number of alkyl carbamates (subject to hydrolysis) is 1. The molecule has 3 aromatic rings. The van der Waals surface area contributed by atoms with E-state index in [-0.39, 0.29) is 25.0 Å². The standard InChI is InChI=1S/C29H33N3O4/c1-30-17-7-6-12-27(28(34)31-21-15-13-20(18-33)14-16-21)32-29(35)36-19-26-24-10-4-2-8-22(24)23-9-3-5-11-25(23)26/h2-5,8-11,13-16,26-27,30,33H,6-7,12,17-19H2,1H3,(H,31,34)(H,32,35)/t27-/m0/s1. The number of unbranched alkanes of at least 4 members (excludes halogenated alkanes) is 1. The van der Waals surface area contributed by atoms with Gasteiger partial charge >= 0.3 is 6.09 Å². The minimum atomic E-state index is -0.727. The average molecular weight is 488 g/mol. The molecule has 0 radical (unpaired) electrons. The molecule has 4 rings (SSSR count). The highest BCUT2D eigenvalue weighted by atomic mass is 16.5. The van der Waals surface area contributed by atoms with Crippen LogP contribution in [0.5, 0.6) is 0 Å². The highest BCUT2D eigenvalue weighted by Crippen LogP contribution is 2.44. The maximum Gasteiger partial charge on any atom is 0.407 e. The number of carbonyl (C=O) groups excluding carboxylic acids is 2. The zero-order chi connectivity index (χ0) is 25.3. The van der Waals surface area contributed by atoms with E-state index in [2.05, 4.69) is 40.2 Å². The summed E-state index contributed by atoms with van der Waals surface area (Å²) in [7, 11) is 1.88. The van der Waals surface area contributed by atoms with Crippen LogP contribution in [0.2, 0.25) is 0 Å². The fourth-order valence-corrected chi connectivity index (χ4v) is 4.62. The molecule has 0 aliphatic heterocycles. The van der Waals surface area contributed by atoms with E-state index >= 15 is 0 Å². The van der Waals surface area contributed by atoms with E-state index in [9.17, 15) is 14.7 Å². The first kappa shape index (κ1) is 25.4. The molecular weight excluding hydrogens is 454 g/mol. The molecule has 0 saturated heterocycles. The predicted octanol–water partition coefficient (Wildman–Crippen LogP) is 4.41. The van der Waals surface area contributed by atoms with Crippen molar-refractivity contribution in [3.63, 3.8) is 0 Å². The van der Waals surface area contributed by atoms with Crippen LogP contribution in [-0.2, 0) is 16.1 Å².